The zero-order valence-corrected chi connectivity index (χ0v) is 11.5. The zero-order valence-electron chi connectivity index (χ0n) is 11.5. The van der Waals surface area contributed by atoms with Gasteiger partial charge in [-0.05, 0) is 36.2 Å². The first-order valence-corrected chi connectivity index (χ1v) is 6.79. The number of benzene rings is 1. The second-order valence-electron chi connectivity index (χ2n) is 4.72. The Kier molecular flexibility index (Phi) is 3.74. The van der Waals surface area contributed by atoms with E-state index in [4.69, 9.17) is 0 Å². The molecule has 0 saturated heterocycles. The van der Waals surface area contributed by atoms with Crippen LogP contribution in [0.2, 0.25) is 0 Å². The van der Waals surface area contributed by atoms with Gasteiger partial charge < -0.3 is 5.32 Å². The molecule has 102 valence electrons. The van der Waals surface area contributed by atoms with Crippen LogP contribution < -0.4 is 5.32 Å². The number of fused-ring (bicyclic) bond motifs is 1. The third-order valence-corrected chi connectivity index (χ3v) is 3.31. The van der Waals surface area contributed by atoms with Crippen molar-refractivity contribution in [2.45, 2.75) is 6.42 Å². The van der Waals surface area contributed by atoms with Crippen LogP contribution in [0, 0.1) is 11.3 Å². The van der Waals surface area contributed by atoms with Crippen LogP contribution in [0.4, 0.5) is 5.82 Å². The number of hydrogen-bond acceptors (Lipinski definition) is 4. The highest BCUT2D eigenvalue weighted by Gasteiger charge is 2.04. The zero-order chi connectivity index (χ0) is 14.5. The fourth-order valence-electron chi connectivity index (χ4n) is 2.24. The van der Waals surface area contributed by atoms with Gasteiger partial charge in [-0.3, -0.25) is 4.98 Å². The van der Waals surface area contributed by atoms with Crippen molar-refractivity contribution in [3.05, 3.63) is 66.0 Å². The monoisotopic (exact) mass is 274 g/mol. The van der Waals surface area contributed by atoms with E-state index in [1.165, 1.54) is 5.56 Å². The minimum absolute atomic E-state index is 0.645. The number of anilines is 1. The number of nitriles is 1. The number of nitrogens with zero attached hydrogens (tertiary/aromatic N) is 3. The van der Waals surface area contributed by atoms with Crippen molar-refractivity contribution < 1.29 is 0 Å². The Morgan fingerprint density at radius 1 is 1.10 bits per heavy atom. The van der Waals surface area contributed by atoms with Gasteiger partial charge in [0.1, 0.15) is 5.82 Å². The van der Waals surface area contributed by atoms with E-state index in [2.05, 4.69) is 21.4 Å². The molecule has 3 rings (SSSR count). The average Bonchev–Trinajstić information content (AvgIpc) is 2.55. The summed E-state index contributed by atoms with van der Waals surface area (Å²) in [5.74, 6) is 0.735. The lowest BCUT2D eigenvalue weighted by molar-refractivity contribution is 1.00. The Hall–Kier alpha value is -2.93. The summed E-state index contributed by atoms with van der Waals surface area (Å²) in [5.41, 5.74) is 2.70. The standard InChI is InChI=1S/C17H14N4/c18-12-14-11-17(21-16-4-2-1-3-15(14)16)20-10-7-13-5-8-19-9-6-13/h1-6,8-9,11H,7,10H2,(H,20,21). The van der Waals surface area contributed by atoms with Gasteiger partial charge in [0.15, 0.2) is 0 Å². The van der Waals surface area contributed by atoms with Gasteiger partial charge in [-0.25, -0.2) is 4.98 Å². The molecule has 0 atom stereocenters. The van der Waals surface area contributed by atoms with Crippen molar-refractivity contribution in [3.8, 4) is 6.07 Å². The number of hydrogen-bond donors (Lipinski definition) is 1. The number of nitrogens with one attached hydrogen (secondary N) is 1. The normalized spacial score (nSPS) is 10.2. The van der Waals surface area contributed by atoms with E-state index in [9.17, 15) is 5.26 Å². The molecule has 1 aromatic carbocycles. The second kappa shape index (κ2) is 6.02. The van der Waals surface area contributed by atoms with Gasteiger partial charge in [0, 0.05) is 24.3 Å². The van der Waals surface area contributed by atoms with Crippen molar-refractivity contribution in [2.24, 2.45) is 0 Å². The number of para-hydroxylation sites is 1. The summed E-state index contributed by atoms with van der Waals surface area (Å²) >= 11 is 0. The molecular weight excluding hydrogens is 260 g/mol. The van der Waals surface area contributed by atoms with Gasteiger partial charge in [-0.1, -0.05) is 18.2 Å². The van der Waals surface area contributed by atoms with Crippen molar-refractivity contribution in [2.75, 3.05) is 11.9 Å². The van der Waals surface area contributed by atoms with E-state index in [1.807, 2.05) is 36.4 Å². The maximum atomic E-state index is 9.25. The van der Waals surface area contributed by atoms with Crippen molar-refractivity contribution in [1.82, 2.24) is 9.97 Å². The molecule has 0 spiro atoms. The van der Waals surface area contributed by atoms with Gasteiger partial charge in [-0.15, -0.1) is 0 Å². The molecule has 0 unspecified atom stereocenters. The quantitative estimate of drug-likeness (QED) is 0.793. The first kappa shape index (κ1) is 13.1. The van der Waals surface area contributed by atoms with E-state index >= 15 is 0 Å². The smallest absolute Gasteiger partial charge is 0.127 e. The van der Waals surface area contributed by atoms with Crippen LogP contribution in [-0.4, -0.2) is 16.5 Å². The summed E-state index contributed by atoms with van der Waals surface area (Å²) in [7, 11) is 0. The molecule has 2 heterocycles. The van der Waals surface area contributed by atoms with E-state index in [1.54, 1.807) is 18.5 Å². The largest absolute Gasteiger partial charge is 0.370 e. The number of aromatic nitrogens is 2. The molecule has 4 nitrogen and oxygen atoms in total. The lowest BCUT2D eigenvalue weighted by atomic mass is 10.1. The maximum absolute atomic E-state index is 9.25. The first-order valence-electron chi connectivity index (χ1n) is 6.79. The fourth-order valence-corrected chi connectivity index (χ4v) is 2.24. The second-order valence-corrected chi connectivity index (χ2v) is 4.72. The molecule has 0 aliphatic rings. The minimum atomic E-state index is 0.645. The van der Waals surface area contributed by atoms with Crippen molar-refractivity contribution in [3.63, 3.8) is 0 Å². The Labute approximate surface area is 123 Å². The lowest BCUT2D eigenvalue weighted by Crippen LogP contribution is -2.06. The highest BCUT2D eigenvalue weighted by molar-refractivity contribution is 5.86. The number of rotatable bonds is 4. The van der Waals surface area contributed by atoms with Crippen LogP contribution in [0.5, 0.6) is 0 Å². The topological polar surface area (TPSA) is 61.6 Å². The van der Waals surface area contributed by atoms with E-state index in [0.717, 1.165) is 29.7 Å². The van der Waals surface area contributed by atoms with E-state index in [0.29, 0.717) is 5.56 Å². The predicted molar refractivity (Wildman–Crippen MR) is 82.9 cm³/mol. The molecule has 0 amide bonds. The van der Waals surface area contributed by atoms with Gasteiger partial charge in [0.2, 0.25) is 0 Å². The first-order chi connectivity index (χ1) is 10.4. The maximum Gasteiger partial charge on any atom is 0.127 e. The Morgan fingerprint density at radius 2 is 1.90 bits per heavy atom. The molecule has 0 bridgehead atoms. The Morgan fingerprint density at radius 3 is 2.71 bits per heavy atom. The molecule has 0 fully saturated rings. The van der Waals surface area contributed by atoms with Crippen LogP contribution in [0.3, 0.4) is 0 Å². The molecule has 0 radical (unpaired) electrons. The molecular formula is C17H14N4. The Balaban J connectivity index is 1.77. The Bertz CT molecular complexity index is 791. The van der Waals surface area contributed by atoms with Crippen LogP contribution in [0.15, 0.2) is 54.9 Å². The fraction of sp³-hybridized carbons (Fsp3) is 0.118. The molecule has 0 aliphatic heterocycles. The lowest BCUT2D eigenvalue weighted by Gasteiger charge is -2.08. The third-order valence-electron chi connectivity index (χ3n) is 3.31. The van der Waals surface area contributed by atoms with Crippen LogP contribution in [-0.2, 0) is 6.42 Å². The van der Waals surface area contributed by atoms with Crippen LogP contribution in [0.25, 0.3) is 10.9 Å². The number of pyridine rings is 2. The van der Waals surface area contributed by atoms with Gasteiger partial charge >= 0.3 is 0 Å². The van der Waals surface area contributed by atoms with Gasteiger partial charge in [-0.2, -0.15) is 5.26 Å². The van der Waals surface area contributed by atoms with Crippen LogP contribution in [0.1, 0.15) is 11.1 Å². The van der Waals surface area contributed by atoms with E-state index in [-0.39, 0.29) is 0 Å². The van der Waals surface area contributed by atoms with Crippen molar-refractivity contribution in [1.29, 1.82) is 5.26 Å². The third kappa shape index (κ3) is 2.98. The molecule has 4 heteroatoms. The minimum Gasteiger partial charge on any atom is -0.370 e. The highest BCUT2D eigenvalue weighted by atomic mass is 15.0. The highest BCUT2D eigenvalue weighted by Crippen LogP contribution is 2.19. The molecule has 1 N–H and O–H groups in total. The SMILES string of the molecule is N#Cc1cc(NCCc2ccncc2)nc2ccccc12. The molecule has 3 aromatic rings. The summed E-state index contributed by atoms with van der Waals surface area (Å²) in [4.78, 5) is 8.54. The molecule has 21 heavy (non-hydrogen) atoms. The van der Waals surface area contributed by atoms with Gasteiger partial charge in [0.25, 0.3) is 0 Å². The van der Waals surface area contributed by atoms with Gasteiger partial charge in [0.05, 0.1) is 17.1 Å². The molecule has 0 saturated carbocycles. The molecule has 2 aromatic heterocycles. The van der Waals surface area contributed by atoms with E-state index < -0.39 is 0 Å². The molecule has 0 aliphatic carbocycles. The summed E-state index contributed by atoms with van der Waals surface area (Å²) < 4.78 is 0. The summed E-state index contributed by atoms with van der Waals surface area (Å²) in [5, 5.41) is 13.4. The van der Waals surface area contributed by atoms with Crippen LogP contribution >= 0.6 is 0 Å². The van der Waals surface area contributed by atoms with Crippen molar-refractivity contribution >= 4 is 16.7 Å². The summed E-state index contributed by atoms with van der Waals surface area (Å²) in [6.45, 7) is 0.764. The summed E-state index contributed by atoms with van der Waals surface area (Å²) in [6.07, 6.45) is 4.47. The average molecular weight is 274 g/mol. The summed E-state index contributed by atoms with van der Waals surface area (Å²) in [6, 6.07) is 15.7. The predicted octanol–water partition coefficient (Wildman–Crippen LogP) is 3.16.